The standard InChI is InChI=1S/C19H20BrNO/c20-17-12-6-4-10-15(17)16-11-5-7-13-18(16)21-19(22)14-8-2-1-3-9-14/h1-4,6,8-10,12,16,18H,5,7,11,13H2,(H,21,22)/t16-,18-/m0/s1. The maximum absolute atomic E-state index is 12.5. The molecule has 0 aliphatic heterocycles. The van der Waals surface area contributed by atoms with Crippen LogP contribution in [0.15, 0.2) is 59.1 Å². The zero-order chi connectivity index (χ0) is 15.4. The largest absolute Gasteiger partial charge is 0.349 e. The number of hydrogen-bond acceptors (Lipinski definition) is 1. The van der Waals surface area contributed by atoms with Gasteiger partial charge < -0.3 is 5.32 Å². The molecule has 0 saturated heterocycles. The van der Waals surface area contributed by atoms with Gasteiger partial charge in [-0.3, -0.25) is 4.79 Å². The van der Waals surface area contributed by atoms with Gasteiger partial charge in [0.1, 0.15) is 0 Å². The van der Waals surface area contributed by atoms with E-state index in [1.165, 1.54) is 18.4 Å². The molecule has 1 aliphatic carbocycles. The minimum absolute atomic E-state index is 0.0320. The van der Waals surface area contributed by atoms with Crippen molar-refractivity contribution < 1.29 is 4.79 Å². The second kappa shape index (κ2) is 7.10. The lowest BCUT2D eigenvalue weighted by molar-refractivity contribution is 0.0920. The maximum atomic E-state index is 12.5. The Kier molecular flexibility index (Phi) is 4.94. The first-order valence-electron chi connectivity index (χ1n) is 7.86. The molecule has 2 aromatic carbocycles. The molecular weight excluding hydrogens is 338 g/mol. The third-order valence-corrected chi connectivity index (χ3v) is 5.15. The van der Waals surface area contributed by atoms with E-state index in [2.05, 4.69) is 39.4 Å². The zero-order valence-corrected chi connectivity index (χ0v) is 14.1. The van der Waals surface area contributed by atoms with E-state index in [1.54, 1.807) is 0 Å². The molecule has 2 atom stereocenters. The van der Waals surface area contributed by atoms with Crippen LogP contribution in [0.5, 0.6) is 0 Å². The van der Waals surface area contributed by atoms with E-state index in [-0.39, 0.29) is 11.9 Å². The van der Waals surface area contributed by atoms with E-state index in [0.717, 1.165) is 22.9 Å². The van der Waals surface area contributed by atoms with Gasteiger partial charge in [0.15, 0.2) is 0 Å². The first-order valence-corrected chi connectivity index (χ1v) is 8.65. The number of carbonyl (C=O) groups excluding carboxylic acids is 1. The average molecular weight is 358 g/mol. The van der Waals surface area contributed by atoms with Gasteiger partial charge in [0.25, 0.3) is 5.91 Å². The Morgan fingerprint density at radius 3 is 2.41 bits per heavy atom. The monoisotopic (exact) mass is 357 g/mol. The van der Waals surface area contributed by atoms with Gasteiger partial charge >= 0.3 is 0 Å². The smallest absolute Gasteiger partial charge is 0.251 e. The second-order valence-electron chi connectivity index (χ2n) is 5.86. The summed E-state index contributed by atoms with van der Waals surface area (Å²) in [6.45, 7) is 0. The Balaban J connectivity index is 1.79. The molecule has 0 bridgehead atoms. The van der Waals surface area contributed by atoms with E-state index in [9.17, 15) is 4.79 Å². The van der Waals surface area contributed by atoms with Gasteiger partial charge in [-0.25, -0.2) is 0 Å². The minimum atomic E-state index is 0.0320. The van der Waals surface area contributed by atoms with Crippen LogP contribution < -0.4 is 5.32 Å². The van der Waals surface area contributed by atoms with Crippen molar-refractivity contribution in [1.29, 1.82) is 0 Å². The first-order chi connectivity index (χ1) is 10.8. The minimum Gasteiger partial charge on any atom is -0.349 e. The third kappa shape index (κ3) is 3.41. The van der Waals surface area contributed by atoms with Crippen molar-refractivity contribution in [1.82, 2.24) is 5.32 Å². The van der Waals surface area contributed by atoms with E-state index in [4.69, 9.17) is 0 Å². The summed E-state index contributed by atoms with van der Waals surface area (Å²) in [5, 5.41) is 3.25. The highest BCUT2D eigenvalue weighted by molar-refractivity contribution is 9.10. The van der Waals surface area contributed by atoms with Crippen LogP contribution in [0.4, 0.5) is 0 Å². The molecule has 1 amide bonds. The SMILES string of the molecule is O=C(N[C@H]1CCCC[C@H]1c1ccccc1Br)c1ccccc1. The highest BCUT2D eigenvalue weighted by Gasteiger charge is 2.29. The van der Waals surface area contributed by atoms with E-state index in [0.29, 0.717) is 5.92 Å². The predicted octanol–water partition coefficient (Wildman–Crippen LogP) is 4.91. The Morgan fingerprint density at radius 1 is 0.955 bits per heavy atom. The van der Waals surface area contributed by atoms with Gasteiger partial charge in [-0.2, -0.15) is 0 Å². The summed E-state index contributed by atoms with van der Waals surface area (Å²) in [7, 11) is 0. The van der Waals surface area contributed by atoms with Crippen LogP contribution >= 0.6 is 15.9 Å². The van der Waals surface area contributed by atoms with Crippen LogP contribution in [0.2, 0.25) is 0 Å². The predicted molar refractivity (Wildman–Crippen MR) is 93.0 cm³/mol. The fourth-order valence-corrected chi connectivity index (χ4v) is 3.87. The number of hydrogen-bond donors (Lipinski definition) is 1. The number of nitrogens with one attached hydrogen (secondary N) is 1. The fraction of sp³-hybridized carbons (Fsp3) is 0.316. The normalized spacial score (nSPS) is 21.3. The molecule has 0 heterocycles. The van der Waals surface area contributed by atoms with Crippen LogP contribution in [-0.4, -0.2) is 11.9 Å². The highest BCUT2D eigenvalue weighted by atomic mass is 79.9. The Morgan fingerprint density at radius 2 is 1.64 bits per heavy atom. The lowest BCUT2D eigenvalue weighted by Gasteiger charge is -2.33. The lowest BCUT2D eigenvalue weighted by atomic mass is 9.80. The molecule has 3 rings (SSSR count). The van der Waals surface area contributed by atoms with Crippen molar-refractivity contribution in [3.05, 3.63) is 70.2 Å². The van der Waals surface area contributed by atoms with Gasteiger partial charge in [0.2, 0.25) is 0 Å². The summed E-state index contributed by atoms with van der Waals surface area (Å²) in [6.07, 6.45) is 4.58. The fourth-order valence-electron chi connectivity index (χ4n) is 3.29. The molecule has 1 aliphatic rings. The average Bonchev–Trinajstić information content (AvgIpc) is 2.57. The van der Waals surface area contributed by atoms with Crippen molar-refractivity contribution in [2.45, 2.75) is 37.6 Å². The van der Waals surface area contributed by atoms with Crippen LogP contribution in [0, 0.1) is 0 Å². The molecule has 22 heavy (non-hydrogen) atoms. The first kappa shape index (κ1) is 15.3. The topological polar surface area (TPSA) is 29.1 Å². The summed E-state index contributed by atoms with van der Waals surface area (Å²) in [4.78, 5) is 12.5. The van der Waals surface area contributed by atoms with Gasteiger partial charge in [-0.05, 0) is 36.6 Å². The van der Waals surface area contributed by atoms with Gasteiger partial charge in [-0.15, -0.1) is 0 Å². The number of halogens is 1. The van der Waals surface area contributed by atoms with Crippen LogP contribution in [0.1, 0.15) is 47.5 Å². The molecule has 0 radical (unpaired) electrons. The Hall–Kier alpha value is -1.61. The molecular formula is C19H20BrNO. The molecule has 1 fully saturated rings. The maximum Gasteiger partial charge on any atom is 0.251 e. The van der Waals surface area contributed by atoms with E-state index in [1.807, 2.05) is 36.4 Å². The van der Waals surface area contributed by atoms with Crippen molar-refractivity contribution in [3.8, 4) is 0 Å². The van der Waals surface area contributed by atoms with Crippen molar-refractivity contribution in [2.24, 2.45) is 0 Å². The molecule has 3 heteroatoms. The second-order valence-corrected chi connectivity index (χ2v) is 6.71. The summed E-state index contributed by atoms with van der Waals surface area (Å²) in [5.74, 6) is 0.418. The zero-order valence-electron chi connectivity index (χ0n) is 12.5. The molecule has 2 nitrogen and oxygen atoms in total. The molecule has 2 aromatic rings. The van der Waals surface area contributed by atoms with Crippen molar-refractivity contribution >= 4 is 21.8 Å². The van der Waals surface area contributed by atoms with E-state index >= 15 is 0 Å². The van der Waals surface area contributed by atoms with Crippen LogP contribution in [0.3, 0.4) is 0 Å². The number of amides is 1. The van der Waals surface area contributed by atoms with Gasteiger partial charge in [0.05, 0.1) is 0 Å². The number of rotatable bonds is 3. The molecule has 0 spiro atoms. The molecule has 1 saturated carbocycles. The summed E-state index contributed by atoms with van der Waals surface area (Å²) >= 11 is 3.66. The quantitative estimate of drug-likeness (QED) is 0.830. The molecule has 0 unspecified atom stereocenters. The van der Waals surface area contributed by atoms with Gasteiger partial charge in [-0.1, -0.05) is 65.2 Å². The van der Waals surface area contributed by atoms with E-state index < -0.39 is 0 Å². The molecule has 114 valence electrons. The molecule has 1 N–H and O–H groups in total. The van der Waals surface area contributed by atoms with Crippen LogP contribution in [0.25, 0.3) is 0 Å². The lowest BCUT2D eigenvalue weighted by Crippen LogP contribution is -2.41. The summed E-state index contributed by atoms with van der Waals surface area (Å²) < 4.78 is 1.14. The molecule has 0 aromatic heterocycles. The third-order valence-electron chi connectivity index (χ3n) is 4.42. The summed E-state index contributed by atoms with van der Waals surface area (Å²) in [5.41, 5.74) is 2.04. The van der Waals surface area contributed by atoms with Gasteiger partial charge in [0, 0.05) is 22.0 Å². The highest BCUT2D eigenvalue weighted by Crippen LogP contribution is 2.36. The van der Waals surface area contributed by atoms with Crippen molar-refractivity contribution in [2.75, 3.05) is 0 Å². The number of benzene rings is 2. The Labute approximate surface area is 140 Å². The van der Waals surface area contributed by atoms with Crippen molar-refractivity contribution in [3.63, 3.8) is 0 Å². The Bertz CT molecular complexity index is 641. The summed E-state index contributed by atoms with van der Waals surface area (Å²) in [6, 6.07) is 18.0. The number of carbonyl (C=O) groups is 1. The van der Waals surface area contributed by atoms with Crippen LogP contribution in [-0.2, 0) is 0 Å².